The molecule has 2 atom stereocenters. The Labute approximate surface area is 144 Å². The Kier molecular flexibility index (Phi) is 7.39. The summed E-state index contributed by atoms with van der Waals surface area (Å²) in [4.78, 5) is 14.1. The molecule has 1 aromatic carbocycles. The van der Waals surface area contributed by atoms with E-state index in [4.69, 9.17) is 9.47 Å². The molecule has 5 nitrogen and oxygen atoms in total. The van der Waals surface area contributed by atoms with Crippen molar-refractivity contribution in [3.8, 4) is 11.5 Å². The van der Waals surface area contributed by atoms with Crippen molar-refractivity contribution in [1.29, 1.82) is 0 Å². The van der Waals surface area contributed by atoms with Crippen LogP contribution in [-0.4, -0.2) is 58.3 Å². The third kappa shape index (κ3) is 5.22. The van der Waals surface area contributed by atoms with E-state index in [-0.39, 0.29) is 17.0 Å². The number of benzene rings is 1. The molecule has 1 aliphatic rings. The number of hydrogen-bond acceptors (Lipinski definition) is 5. The number of hydrogen-bond donors (Lipinski definition) is 0. The first-order valence-corrected chi connectivity index (χ1v) is 10.2. The molecule has 2 rings (SSSR count). The van der Waals surface area contributed by atoms with E-state index in [0.29, 0.717) is 30.4 Å². The summed E-state index contributed by atoms with van der Waals surface area (Å²) in [5.41, 5.74) is 0. The summed E-state index contributed by atoms with van der Waals surface area (Å²) in [6.45, 7) is 3.06. The van der Waals surface area contributed by atoms with Gasteiger partial charge in [-0.3, -0.25) is 4.79 Å². The largest absolute Gasteiger partial charge is 0.616 e. The molecule has 128 valence electrons. The number of methoxy groups -OCH3 is 1. The maximum Gasteiger partial charge on any atom is 0.273 e. The van der Waals surface area contributed by atoms with Gasteiger partial charge in [0.15, 0.2) is 17.3 Å². The maximum absolute atomic E-state index is 12.3. The fourth-order valence-corrected chi connectivity index (χ4v) is 4.55. The third-order valence-corrected chi connectivity index (χ3v) is 6.10. The van der Waals surface area contributed by atoms with E-state index in [0.717, 1.165) is 12.2 Å². The van der Waals surface area contributed by atoms with Gasteiger partial charge in [-0.05, 0) is 29.7 Å². The first kappa shape index (κ1) is 18.3. The van der Waals surface area contributed by atoms with E-state index in [2.05, 4.69) is 0 Å². The first-order valence-electron chi connectivity index (χ1n) is 7.67. The molecule has 0 spiro atoms. The topological polar surface area (TPSA) is 61.8 Å². The lowest BCUT2D eigenvalue weighted by molar-refractivity contribution is -0.128. The van der Waals surface area contributed by atoms with Gasteiger partial charge in [0.2, 0.25) is 0 Å². The molecule has 0 saturated carbocycles. The number of rotatable bonds is 8. The van der Waals surface area contributed by atoms with Crippen molar-refractivity contribution in [2.24, 2.45) is 0 Å². The first-order chi connectivity index (χ1) is 11.2. The second kappa shape index (κ2) is 9.30. The zero-order valence-corrected chi connectivity index (χ0v) is 15.2. The summed E-state index contributed by atoms with van der Waals surface area (Å²) in [5.74, 6) is 2.87. The maximum atomic E-state index is 12.3. The second-order valence-corrected chi connectivity index (χ2v) is 8.03. The number of amides is 1. The van der Waals surface area contributed by atoms with E-state index in [1.165, 1.54) is 0 Å². The molecule has 1 fully saturated rings. The molecular formula is C16H23NO4S2. The SMILES string of the molecule is CCC[S@+]([O-])CC(=O)N1CCS[C@@H]1COc1ccccc1OC. The van der Waals surface area contributed by atoms with Crippen LogP contribution in [0.2, 0.25) is 0 Å². The quantitative estimate of drug-likeness (QED) is 0.667. The minimum atomic E-state index is -1.07. The van der Waals surface area contributed by atoms with Crippen LogP contribution in [0.1, 0.15) is 13.3 Å². The third-order valence-electron chi connectivity index (χ3n) is 3.48. The number of carbonyl (C=O) groups is 1. The Hall–Kier alpha value is -1.05. The summed E-state index contributed by atoms with van der Waals surface area (Å²) in [6, 6.07) is 7.46. The predicted molar refractivity (Wildman–Crippen MR) is 94.6 cm³/mol. The standard InChI is InChI=1S/C16H23NO4S2/c1-3-10-23(19)12-15(18)17-8-9-22-16(17)11-21-14-7-5-4-6-13(14)20-2/h4-7,16H,3,8-12H2,1-2H3/t16-,23+/m1/s1. The van der Waals surface area contributed by atoms with Gasteiger partial charge in [0, 0.05) is 12.3 Å². The minimum absolute atomic E-state index is 0.0361. The highest BCUT2D eigenvalue weighted by molar-refractivity contribution is 8.00. The van der Waals surface area contributed by atoms with E-state index < -0.39 is 11.2 Å². The van der Waals surface area contributed by atoms with Gasteiger partial charge in [-0.1, -0.05) is 19.1 Å². The van der Waals surface area contributed by atoms with Crippen LogP contribution in [0.15, 0.2) is 24.3 Å². The Balaban J connectivity index is 1.90. The van der Waals surface area contributed by atoms with E-state index in [9.17, 15) is 9.35 Å². The van der Waals surface area contributed by atoms with Crippen LogP contribution >= 0.6 is 11.8 Å². The molecule has 0 N–H and O–H groups in total. The van der Waals surface area contributed by atoms with Crippen molar-refractivity contribution >= 4 is 28.8 Å². The fourth-order valence-electron chi connectivity index (χ4n) is 2.36. The van der Waals surface area contributed by atoms with Gasteiger partial charge in [-0.2, -0.15) is 0 Å². The van der Waals surface area contributed by atoms with E-state index in [1.54, 1.807) is 23.8 Å². The van der Waals surface area contributed by atoms with Gasteiger partial charge < -0.3 is 18.9 Å². The van der Waals surface area contributed by atoms with Crippen molar-refractivity contribution in [2.75, 3.05) is 37.5 Å². The van der Waals surface area contributed by atoms with Crippen LogP contribution in [0.3, 0.4) is 0 Å². The molecule has 1 amide bonds. The van der Waals surface area contributed by atoms with Crippen LogP contribution in [0.4, 0.5) is 0 Å². The van der Waals surface area contributed by atoms with Crippen LogP contribution in [-0.2, 0) is 16.0 Å². The van der Waals surface area contributed by atoms with Crippen molar-refractivity contribution < 1.29 is 18.8 Å². The number of nitrogens with zero attached hydrogens (tertiary/aromatic N) is 1. The van der Waals surface area contributed by atoms with Gasteiger partial charge >= 0.3 is 0 Å². The Morgan fingerprint density at radius 2 is 2.17 bits per heavy atom. The van der Waals surface area contributed by atoms with Gasteiger partial charge in [0.05, 0.1) is 7.11 Å². The number of para-hydroxylation sites is 2. The van der Waals surface area contributed by atoms with Crippen LogP contribution in [0.25, 0.3) is 0 Å². The van der Waals surface area contributed by atoms with Crippen molar-refractivity contribution in [3.05, 3.63) is 24.3 Å². The van der Waals surface area contributed by atoms with E-state index >= 15 is 0 Å². The normalized spacial score (nSPS) is 18.7. The summed E-state index contributed by atoms with van der Waals surface area (Å²) in [7, 11) is 1.60. The summed E-state index contributed by atoms with van der Waals surface area (Å²) in [5, 5.41) is -0.0361. The molecule has 0 radical (unpaired) electrons. The molecule has 23 heavy (non-hydrogen) atoms. The summed E-state index contributed by atoms with van der Waals surface area (Å²) < 4.78 is 22.9. The molecule has 0 bridgehead atoms. The predicted octanol–water partition coefficient (Wildman–Crippen LogP) is 2.13. The summed E-state index contributed by atoms with van der Waals surface area (Å²) in [6.07, 6.45) is 0.828. The van der Waals surface area contributed by atoms with Gasteiger partial charge in [-0.15, -0.1) is 11.8 Å². The minimum Gasteiger partial charge on any atom is -0.616 e. The zero-order valence-electron chi connectivity index (χ0n) is 13.5. The molecule has 0 aliphatic carbocycles. The van der Waals surface area contributed by atoms with Crippen LogP contribution in [0.5, 0.6) is 11.5 Å². The van der Waals surface area contributed by atoms with Crippen molar-refractivity contribution in [2.45, 2.75) is 18.7 Å². The van der Waals surface area contributed by atoms with E-state index in [1.807, 2.05) is 31.2 Å². The Morgan fingerprint density at radius 3 is 2.87 bits per heavy atom. The highest BCUT2D eigenvalue weighted by atomic mass is 32.2. The summed E-state index contributed by atoms with van der Waals surface area (Å²) >= 11 is 0.625. The number of thioether (sulfide) groups is 1. The fraction of sp³-hybridized carbons (Fsp3) is 0.562. The average molecular weight is 357 g/mol. The zero-order chi connectivity index (χ0) is 16.7. The molecule has 0 aromatic heterocycles. The average Bonchev–Trinajstić information content (AvgIpc) is 3.02. The lowest BCUT2D eigenvalue weighted by Gasteiger charge is -2.24. The molecule has 1 aromatic rings. The molecule has 1 heterocycles. The van der Waals surface area contributed by atoms with Gasteiger partial charge in [-0.25, -0.2) is 0 Å². The lowest BCUT2D eigenvalue weighted by atomic mass is 10.3. The monoisotopic (exact) mass is 357 g/mol. The van der Waals surface area contributed by atoms with Crippen LogP contribution < -0.4 is 9.47 Å². The highest BCUT2D eigenvalue weighted by Gasteiger charge is 2.32. The number of carbonyl (C=O) groups excluding carboxylic acids is 1. The number of ether oxygens (including phenoxy) is 2. The lowest BCUT2D eigenvalue weighted by Crippen LogP contribution is -2.41. The van der Waals surface area contributed by atoms with Crippen LogP contribution in [0, 0.1) is 0 Å². The van der Waals surface area contributed by atoms with Crippen molar-refractivity contribution in [3.63, 3.8) is 0 Å². The highest BCUT2D eigenvalue weighted by Crippen LogP contribution is 2.29. The molecule has 1 aliphatic heterocycles. The second-order valence-electron chi connectivity index (χ2n) is 5.16. The Morgan fingerprint density at radius 1 is 1.43 bits per heavy atom. The molecule has 0 unspecified atom stereocenters. The van der Waals surface area contributed by atoms with Crippen molar-refractivity contribution in [1.82, 2.24) is 4.90 Å². The molecule has 7 heteroatoms. The van der Waals surface area contributed by atoms with Gasteiger partial charge in [0.25, 0.3) is 5.91 Å². The Bertz CT molecular complexity index is 515. The molecule has 1 saturated heterocycles. The molecular weight excluding hydrogens is 334 g/mol. The van der Waals surface area contributed by atoms with Gasteiger partial charge in [0.1, 0.15) is 17.7 Å². The smallest absolute Gasteiger partial charge is 0.273 e.